The molecule has 0 atom stereocenters. The standard InChI is InChI=1S/C14H25N5O/c1-10(2)20-13-18-11(15)17-12(19-13)16-9-14(3)7-5-4-6-8-14/h10H,4-9H2,1-3H3,(H3,15,16,17,18,19). The first-order chi connectivity index (χ1) is 9.47. The van der Waals surface area contributed by atoms with E-state index in [-0.39, 0.29) is 18.1 Å². The molecule has 1 aromatic rings. The number of hydrogen-bond acceptors (Lipinski definition) is 6. The van der Waals surface area contributed by atoms with Crippen LogP contribution in [-0.4, -0.2) is 27.6 Å². The van der Waals surface area contributed by atoms with Crippen LogP contribution in [0.5, 0.6) is 6.01 Å². The maximum Gasteiger partial charge on any atom is 0.323 e. The van der Waals surface area contributed by atoms with Gasteiger partial charge in [-0.2, -0.15) is 15.0 Å². The van der Waals surface area contributed by atoms with Crippen molar-refractivity contribution < 1.29 is 4.74 Å². The second-order valence-corrected chi connectivity index (χ2v) is 6.19. The third kappa shape index (κ3) is 4.21. The third-order valence-electron chi connectivity index (χ3n) is 3.71. The van der Waals surface area contributed by atoms with Crippen LogP contribution < -0.4 is 15.8 Å². The quantitative estimate of drug-likeness (QED) is 0.861. The fourth-order valence-electron chi connectivity index (χ4n) is 2.59. The van der Waals surface area contributed by atoms with Crippen molar-refractivity contribution in [2.45, 2.75) is 59.0 Å². The molecule has 2 rings (SSSR count). The van der Waals surface area contributed by atoms with Crippen LogP contribution in [0.3, 0.4) is 0 Å². The van der Waals surface area contributed by atoms with Gasteiger partial charge in [-0.25, -0.2) is 0 Å². The predicted molar refractivity (Wildman–Crippen MR) is 79.7 cm³/mol. The van der Waals surface area contributed by atoms with Crippen LogP contribution in [-0.2, 0) is 0 Å². The lowest BCUT2D eigenvalue weighted by Crippen LogP contribution is -2.29. The first-order valence-electron chi connectivity index (χ1n) is 7.39. The molecule has 1 heterocycles. The minimum absolute atomic E-state index is 0.0144. The molecule has 0 unspecified atom stereocenters. The van der Waals surface area contributed by atoms with Crippen LogP contribution in [0, 0.1) is 5.41 Å². The molecule has 0 radical (unpaired) electrons. The Morgan fingerprint density at radius 3 is 2.55 bits per heavy atom. The van der Waals surface area contributed by atoms with E-state index in [1.165, 1.54) is 32.1 Å². The van der Waals surface area contributed by atoms with Crippen LogP contribution in [0.4, 0.5) is 11.9 Å². The molecular weight excluding hydrogens is 254 g/mol. The Kier molecular flexibility index (Phi) is 4.62. The smallest absolute Gasteiger partial charge is 0.323 e. The normalized spacial score (nSPS) is 18.0. The van der Waals surface area contributed by atoms with Crippen molar-refractivity contribution in [1.29, 1.82) is 0 Å². The first kappa shape index (κ1) is 14.8. The minimum Gasteiger partial charge on any atom is -0.461 e. The van der Waals surface area contributed by atoms with Gasteiger partial charge >= 0.3 is 6.01 Å². The summed E-state index contributed by atoms with van der Waals surface area (Å²) in [7, 11) is 0. The number of ether oxygens (including phenoxy) is 1. The lowest BCUT2D eigenvalue weighted by molar-refractivity contribution is 0.221. The van der Waals surface area contributed by atoms with Gasteiger partial charge in [-0.05, 0) is 32.1 Å². The highest BCUT2D eigenvalue weighted by molar-refractivity contribution is 5.32. The van der Waals surface area contributed by atoms with Crippen LogP contribution in [0.15, 0.2) is 0 Å². The van der Waals surface area contributed by atoms with Gasteiger partial charge in [0.25, 0.3) is 0 Å². The lowest BCUT2D eigenvalue weighted by atomic mass is 9.76. The summed E-state index contributed by atoms with van der Waals surface area (Å²) in [6.45, 7) is 7.03. The van der Waals surface area contributed by atoms with Crippen LogP contribution in [0.2, 0.25) is 0 Å². The molecule has 0 amide bonds. The number of nitrogens with one attached hydrogen (secondary N) is 1. The Balaban J connectivity index is 1.99. The van der Waals surface area contributed by atoms with Gasteiger partial charge in [0.05, 0.1) is 6.10 Å². The van der Waals surface area contributed by atoms with Crippen molar-refractivity contribution in [2.75, 3.05) is 17.6 Å². The molecule has 0 spiro atoms. The van der Waals surface area contributed by atoms with Crippen molar-refractivity contribution in [2.24, 2.45) is 5.41 Å². The van der Waals surface area contributed by atoms with Gasteiger partial charge in [-0.3, -0.25) is 0 Å². The number of nitrogen functional groups attached to an aromatic ring is 1. The number of nitrogens with two attached hydrogens (primary N) is 1. The molecule has 6 heteroatoms. The highest BCUT2D eigenvalue weighted by Crippen LogP contribution is 2.35. The Bertz CT molecular complexity index is 443. The fourth-order valence-corrected chi connectivity index (χ4v) is 2.59. The van der Waals surface area contributed by atoms with Gasteiger partial charge in [-0.1, -0.05) is 26.2 Å². The molecule has 1 fully saturated rings. The van der Waals surface area contributed by atoms with Crippen molar-refractivity contribution in [3.63, 3.8) is 0 Å². The Hall–Kier alpha value is -1.59. The van der Waals surface area contributed by atoms with Crippen molar-refractivity contribution >= 4 is 11.9 Å². The molecule has 1 aliphatic rings. The average Bonchev–Trinajstić information content (AvgIpc) is 2.36. The molecule has 112 valence electrons. The zero-order valence-electron chi connectivity index (χ0n) is 12.6. The molecular formula is C14H25N5O. The van der Waals surface area contributed by atoms with Gasteiger partial charge in [0.2, 0.25) is 11.9 Å². The average molecular weight is 279 g/mol. The molecule has 0 aliphatic heterocycles. The summed E-state index contributed by atoms with van der Waals surface area (Å²) >= 11 is 0. The number of rotatable bonds is 5. The molecule has 1 saturated carbocycles. The fraction of sp³-hybridized carbons (Fsp3) is 0.786. The summed E-state index contributed by atoms with van der Waals surface area (Å²) in [6.07, 6.45) is 6.46. The van der Waals surface area contributed by atoms with E-state index in [0.29, 0.717) is 11.4 Å². The number of aromatic nitrogens is 3. The lowest BCUT2D eigenvalue weighted by Gasteiger charge is -2.33. The van der Waals surface area contributed by atoms with Crippen molar-refractivity contribution in [1.82, 2.24) is 15.0 Å². The zero-order valence-corrected chi connectivity index (χ0v) is 12.6. The Morgan fingerprint density at radius 2 is 1.90 bits per heavy atom. The second kappa shape index (κ2) is 6.24. The summed E-state index contributed by atoms with van der Waals surface area (Å²) in [5.41, 5.74) is 6.01. The van der Waals surface area contributed by atoms with Crippen molar-refractivity contribution in [3.05, 3.63) is 0 Å². The van der Waals surface area contributed by atoms with E-state index in [1.807, 2.05) is 13.8 Å². The first-order valence-corrected chi connectivity index (χ1v) is 7.39. The van der Waals surface area contributed by atoms with Crippen LogP contribution in [0.25, 0.3) is 0 Å². The number of anilines is 2. The van der Waals surface area contributed by atoms with Crippen LogP contribution >= 0.6 is 0 Å². The summed E-state index contributed by atoms with van der Waals surface area (Å²) in [4.78, 5) is 12.4. The number of nitrogens with zero attached hydrogens (tertiary/aromatic N) is 3. The molecule has 1 aromatic heterocycles. The summed E-state index contributed by atoms with van der Waals surface area (Å²) in [5, 5.41) is 3.29. The summed E-state index contributed by atoms with van der Waals surface area (Å²) < 4.78 is 5.47. The van der Waals surface area contributed by atoms with Crippen molar-refractivity contribution in [3.8, 4) is 6.01 Å². The summed E-state index contributed by atoms with van der Waals surface area (Å²) in [5.74, 6) is 0.687. The Morgan fingerprint density at radius 1 is 1.20 bits per heavy atom. The molecule has 1 aliphatic carbocycles. The van der Waals surface area contributed by atoms with E-state index in [9.17, 15) is 0 Å². The van der Waals surface area contributed by atoms with Gasteiger partial charge < -0.3 is 15.8 Å². The van der Waals surface area contributed by atoms with E-state index < -0.39 is 0 Å². The molecule has 0 aromatic carbocycles. The maximum absolute atomic E-state index is 5.69. The predicted octanol–water partition coefficient (Wildman–Crippen LogP) is 2.62. The van der Waals surface area contributed by atoms with Gasteiger partial charge in [0.1, 0.15) is 0 Å². The van der Waals surface area contributed by atoms with E-state index in [4.69, 9.17) is 10.5 Å². The number of hydrogen-bond donors (Lipinski definition) is 2. The topological polar surface area (TPSA) is 86.0 Å². The maximum atomic E-state index is 5.69. The largest absolute Gasteiger partial charge is 0.461 e. The van der Waals surface area contributed by atoms with Gasteiger partial charge in [0, 0.05) is 6.54 Å². The van der Waals surface area contributed by atoms with E-state index in [2.05, 4.69) is 27.2 Å². The van der Waals surface area contributed by atoms with Crippen LogP contribution in [0.1, 0.15) is 52.9 Å². The molecule has 6 nitrogen and oxygen atoms in total. The highest BCUT2D eigenvalue weighted by atomic mass is 16.5. The third-order valence-corrected chi connectivity index (χ3v) is 3.71. The highest BCUT2D eigenvalue weighted by Gasteiger charge is 2.26. The molecule has 0 saturated heterocycles. The van der Waals surface area contributed by atoms with E-state index in [1.54, 1.807) is 0 Å². The molecule has 3 N–H and O–H groups in total. The van der Waals surface area contributed by atoms with E-state index >= 15 is 0 Å². The monoisotopic (exact) mass is 279 g/mol. The summed E-state index contributed by atoms with van der Waals surface area (Å²) in [6, 6.07) is 0.281. The zero-order chi connectivity index (χ0) is 14.6. The SMILES string of the molecule is CC(C)Oc1nc(N)nc(NCC2(C)CCCCC2)n1. The molecule has 20 heavy (non-hydrogen) atoms. The van der Waals surface area contributed by atoms with Gasteiger partial charge in [-0.15, -0.1) is 0 Å². The second-order valence-electron chi connectivity index (χ2n) is 6.19. The Labute approximate surface area is 120 Å². The van der Waals surface area contributed by atoms with E-state index in [0.717, 1.165) is 6.54 Å². The molecule has 0 bridgehead atoms. The van der Waals surface area contributed by atoms with Gasteiger partial charge in [0.15, 0.2) is 0 Å². The minimum atomic E-state index is 0.0144.